The maximum Gasteiger partial charge on any atom is 0.251 e. The molecular weight excluding hydrogens is 444 g/mol. The third kappa shape index (κ3) is 6.14. The molecule has 2 aromatic carbocycles. The number of aryl methyl sites for hydroxylation is 1. The number of amides is 2. The predicted molar refractivity (Wildman–Crippen MR) is 137 cm³/mol. The molecule has 7 heteroatoms. The molecule has 0 spiro atoms. The molecule has 3 N–H and O–H groups in total. The molecule has 1 aliphatic rings. The summed E-state index contributed by atoms with van der Waals surface area (Å²) in [6, 6.07) is 6.68. The van der Waals surface area contributed by atoms with Crippen LogP contribution in [0.4, 0.5) is 5.69 Å². The number of benzene rings is 2. The summed E-state index contributed by atoms with van der Waals surface area (Å²) in [5.41, 5.74) is 4.61. The van der Waals surface area contributed by atoms with Gasteiger partial charge < -0.3 is 25.2 Å². The normalized spacial score (nSPS) is 15.0. The first-order valence-electron chi connectivity index (χ1n) is 12.5. The molecular formula is C28H38N2O5. The first-order chi connectivity index (χ1) is 16.8. The SMILES string of the molecule is CCCCCC(=O)N1CCc2ccc(OCCCO)cc2C1C(=O)Nc1cc(C)c(O)c(C)c1C. The van der Waals surface area contributed by atoms with E-state index in [2.05, 4.69) is 12.2 Å². The standard InChI is InChI=1S/C28H38N2O5/c1-5-6-7-9-25(32)30-13-12-21-10-11-22(35-15-8-14-31)17-23(21)26(30)28(34)29-24-16-18(2)27(33)20(4)19(24)3/h10-11,16-17,26,31,33H,5-9,12-15H2,1-4H3,(H,29,34). The van der Waals surface area contributed by atoms with Crippen LogP contribution in [0.2, 0.25) is 0 Å². The third-order valence-corrected chi connectivity index (χ3v) is 6.79. The highest BCUT2D eigenvalue weighted by Gasteiger charge is 2.36. The van der Waals surface area contributed by atoms with Gasteiger partial charge in [0.2, 0.25) is 5.91 Å². The fraction of sp³-hybridized carbons (Fsp3) is 0.500. The maximum absolute atomic E-state index is 13.8. The Balaban J connectivity index is 1.96. The van der Waals surface area contributed by atoms with Crippen molar-refractivity contribution in [2.24, 2.45) is 0 Å². The van der Waals surface area contributed by atoms with Crippen LogP contribution in [0, 0.1) is 20.8 Å². The Morgan fingerprint density at radius 2 is 1.89 bits per heavy atom. The summed E-state index contributed by atoms with van der Waals surface area (Å²) in [5, 5.41) is 22.4. The number of rotatable bonds is 10. The molecule has 7 nitrogen and oxygen atoms in total. The summed E-state index contributed by atoms with van der Waals surface area (Å²) < 4.78 is 5.77. The molecule has 0 radical (unpaired) electrons. The largest absolute Gasteiger partial charge is 0.507 e. The van der Waals surface area contributed by atoms with Crippen LogP contribution in [0.15, 0.2) is 24.3 Å². The Morgan fingerprint density at radius 3 is 2.60 bits per heavy atom. The molecule has 0 fully saturated rings. The number of unbranched alkanes of at least 4 members (excludes halogenated alkanes) is 2. The molecule has 190 valence electrons. The van der Waals surface area contributed by atoms with Gasteiger partial charge in [-0.15, -0.1) is 0 Å². The summed E-state index contributed by atoms with van der Waals surface area (Å²) in [6.45, 7) is 8.47. The first kappa shape index (κ1) is 26.5. The van der Waals surface area contributed by atoms with E-state index in [-0.39, 0.29) is 24.2 Å². The van der Waals surface area contributed by atoms with Crippen molar-refractivity contribution >= 4 is 17.5 Å². The van der Waals surface area contributed by atoms with E-state index in [1.807, 2.05) is 32.0 Å². The highest BCUT2D eigenvalue weighted by atomic mass is 16.5. The van der Waals surface area contributed by atoms with Crippen molar-refractivity contribution < 1.29 is 24.5 Å². The smallest absolute Gasteiger partial charge is 0.251 e. The zero-order valence-electron chi connectivity index (χ0n) is 21.3. The van der Waals surface area contributed by atoms with Crippen LogP contribution in [-0.4, -0.2) is 46.7 Å². The number of ether oxygens (including phenoxy) is 1. The number of aliphatic hydroxyl groups excluding tert-OH is 1. The Kier molecular flexibility index (Phi) is 9.15. The van der Waals surface area contributed by atoms with Crippen LogP contribution >= 0.6 is 0 Å². The van der Waals surface area contributed by atoms with Gasteiger partial charge in [0.25, 0.3) is 5.91 Å². The zero-order valence-corrected chi connectivity index (χ0v) is 21.3. The lowest BCUT2D eigenvalue weighted by Crippen LogP contribution is -2.45. The van der Waals surface area contributed by atoms with Gasteiger partial charge in [-0.05, 0) is 79.6 Å². The molecule has 1 aliphatic heterocycles. The molecule has 0 saturated heterocycles. The highest BCUT2D eigenvalue weighted by Crippen LogP contribution is 2.36. The Labute approximate surface area is 208 Å². The number of fused-ring (bicyclic) bond motifs is 1. The highest BCUT2D eigenvalue weighted by molar-refractivity contribution is 5.99. The second kappa shape index (κ2) is 12.1. The number of phenolic OH excluding ortho intramolecular Hbond substituents is 1. The van der Waals surface area contributed by atoms with Crippen molar-refractivity contribution in [3.63, 3.8) is 0 Å². The minimum atomic E-state index is -0.775. The number of hydrogen-bond acceptors (Lipinski definition) is 5. The van der Waals surface area contributed by atoms with E-state index in [1.165, 1.54) is 0 Å². The van der Waals surface area contributed by atoms with E-state index < -0.39 is 6.04 Å². The van der Waals surface area contributed by atoms with E-state index in [4.69, 9.17) is 9.84 Å². The second-order valence-corrected chi connectivity index (χ2v) is 9.31. The lowest BCUT2D eigenvalue weighted by molar-refractivity contribution is -0.139. The molecule has 35 heavy (non-hydrogen) atoms. The van der Waals surface area contributed by atoms with Gasteiger partial charge in [-0.25, -0.2) is 0 Å². The van der Waals surface area contributed by atoms with Crippen molar-refractivity contribution in [1.82, 2.24) is 4.90 Å². The third-order valence-electron chi connectivity index (χ3n) is 6.79. The van der Waals surface area contributed by atoms with E-state index in [1.54, 1.807) is 17.9 Å². The molecule has 0 aliphatic carbocycles. The van der Waals surface area contributed by atoms with Gasteiger partial charge in [-0.3, -0.25) is 9.59 Å². The van der Waals surface area contributed by atoms with Crippen molar-refractivity contribution in [2.75, 3.05) is 25.1 Å². The van der Waals surface area contributed by atoms with Gasteiger partial charge >= 0.3 is 0 Å². The fourth-order valence-corrected chi connectivity index (χ4v) is 4.56. The average Bonchev–Trinajstić information content (AvgIpc) is 2.85. The van der Waals surface area contributed by atoms with Crippen LogP contribution in [0.3, 0.4) is 0 Å². The Bertz CT molecular complexity index is 1070. The maximum atomic E-state index is 13.8. The van der Waals surface area contributed by atoms with E-state index in [0.29, 0.717) is 49.4 Å². The molecule has 1 atom stereocenters. The topological polar surface area (TPSA) is 99.1 Å². The zero-order chi connectivity index (χ0) is 25.5. The molecule has 2 amide bonds. The van der Waals surface area contributed by atoms with Crippen LogP contribution in [0.1, 0.15) is 72.9 Å². The van der Waals surface area contributed by atoms with Crippen molar-refractivity contribution in [3.8, 4) is 11.5 Å². The number of aromatic hydroxyl groups is 1. The molecule has 3 rings (SSSR count). The molecule has 1 heterocycles. The number of anilines is 1. The minimum absolute atomic E-state index is 0.0226. The number of carbonyl (C=O) groups excluding carboxylic acids is 2. The molecule has 2 aromatic rings. The second-order valence-electron chi connectivity index (χ2n) is 9.31. The quantitative estimate of drug-likeness (QED) is 0.336. The number of hydrogen-bond donors (Lipinski definition) is 3. The Hall–Kier alpha value is -3.06. The van der Waals surface area contributed by atoms with Gasteiger partial charge in [0.1, 0.15) is 17.5 Å². The lowest BCUT2D eigenvalue weighted by atomic mass is 9.91. The first-order valence-corrected chi connectivity index (χ1v) is 12.5. The van der Waals surface area contributed by atoms with Gasteiger partial charge in [-0.1, -0.05) is 25.8 Å². The number of aliphatic hydroxyl groups is 1. The minimum Gasteiger partial charge on any atom is -0.507 e. The summed E-state index contributed by atoms with van der Waals surface area (Å²) >= 11 is 0. The summed E-state index contributed by atoms with van der Waals surface area (Å²) in [7, 11) is 0. The van der Waals surface area contributed by atoms with E-state index >= 15 is 0 Å². The monoisotopic (exact) mass is 482 g/mol. The summed E-state index contributed by atoms with van der Waals surface area (Å²) in [5.74, 6) is 0.532. The number of carbonyl (C=O) groups is 2. The van der Waals surface area contributed by atoms with Crippen LogP contribution in [0.25, 0.3) is 0 Å². The van der Waals surface area contributed by atoms with Gasteiger partial charge in [0.05, 0.1) is 6.61 Å². The van der Waals surface area contributed by atoms with Crippen molar-refractivity contribution in [2.45, 2.75) is 72.3 Å². The molecule has 1 unspecified atom stereocenters. The fourth-order valence-electron chi connectivity index (χ4n) is 4.56. The van der Waals surface area contributed by atoms with Gasteiger partial charge in [-0.2, -0.15) is 0 Å². The number of nitrogens with one attached hydrogen (secondary N) is 1. The number of nitrogens with zero attached hydrogens (tertiary/aromatic N) is 1. The Morgan fingerprint density at radius 1 is 1.11 bits per heavy atom. The predicted octanol–water partition coefficient (Wildman–Crippen LogP) is 4.72. The van der Waals surface area contributed by atoms with Crippen molar-refractivity contribution in [1.29, 1.82) is 0 Å². The van der Waals surface area contributed by atoms with E-state index in [0.717, 1.165) is 41.5 Å². The van der Waals surface area contributed by atoms with Crippen LogP contribution < -0.4 is 10.1 Å². The summed E-state index contributed by atoms with van der Waals surface area (Å²) in [6.07, 6.45) is 4.39. The van der Waals surface area contributed by atoms with Gasteiger partial charge in [0, 0.05) is 31.7 Å². The van der Waals surface area contributed by atoms with Crippen LogP contribution in [-0.2, 0) is 16.0 Å². The molecule has 0 saturated carbocycles. The van der Waals surface area contributed by atoms with Crippen LogP contribution in [0.5, 0.6) is 11.5 Å². The molecule has 0 bridgehead atoms. The summed E-state index contributed by atoms with van der Waals surface area (Å²) in [4.78, 5) is 28.7. The molecule has 0 aromatic heterocycles. The lowest BCUT2D eigenvalue weighted by Gasteiger charge is -2.37. The number of phenols is 1. The van der Waals surface area contributed by atoms with Crippen molar-refractivity contribution in [3.05, 3.63) is 52.1 Å². The average molecular weight is 483 g/mol. The van der Waals surface area contributed by atoms with E-state index in [9.17, 15) is 14.7 Å². The van der Waals surface area contributed by atoms with Gasteiger partial charge in [0.15, 0.2) is 0 Å².